The Bertz CT molecular complexity index is 2160. The van der Waals surface area contributed by atoms with Crippen LogP contribution in [0.1, 0.15) is 16.7 Å². The van der Waals surface area contributed by atoms with Gasteiger partial charge in [-0.25, -0.2) is 0 Å². The molecule has 0 aromatic heterocycles. The van der Waals surface area contributed by atoms with E-state index in [0.717, 1.165) is 34.1 Å². The van der Waals surface area contributed by atoms with Gasteiger partial charge in [-0.3, -0.25) is 0 Å². The number of rotatable bonds is 9. The fraction of sp³-hybridized carbons (Fsp3) is 0.0588. The van der Waals surface area contributed by atoms with Crippen LogP contribution in [0, 0.1) is 20.8 Å². The van der Waals surface area contributed by atoms with Gasteiger partial charge in [0.2, 0.25) is 0 Å². The first-order valence-corrected chi connectivity index (χ1v) is 18.4. The normalized spacial score (nSPS) is 10.5. The van der Waals surface area contributed by atoms with Crippen LogP contribution < -0.4 is 14.7 Å². The third-order valence-corrected chi connectivity index (χ3v) is 9.30. The first kappa shape index (κ1) is 35.6. The average Bonchev–Trinajstić information content (AvgIpc) is 3.23. The molecule has 0 amide bonds. The summed E-state index contributed by atoms with van der Waals surface area (Å²) in [7, 11) is 0. The minimum Gasteiger partial charge on any atom is -0.311 e. The van der Waals surface area contributed by atoms with Gasteiger partial charge in [-0.2, -0.15) is 0 Å². The molecule has 3 heteroatoms. The van der Waals surface area contributed by atoms with Crippen molar-refractivity contribution < 1.29 is 0 Å². The molecule has 0 saturated heterocycles. The first-order valence-electron chi connectivity index (χ1n) is 18.4. The smallest absolute Gasteiger partial charge is 0.0463 e. The molecule has 0 fully saturated rings. The third-order valence-electron chi connectivity index (χ3n) is 9.30. The largest absolute Gasteiger partial charge is 0.311 e. The Morgan fingerprint density at radius 1 is 0.185 bits per heavy atom. The number of hydrogen-bond donors (Lipinski definition) is 0. The summed E-state index contributed by atoms with van der Waals surface area (Å²) in [5.74, 6) is 0. The van der Waals surface area contributed by atoms with Gasteiger partial charge >= 0.3 is 0 Å². The molecule has 54 heavy (non-hydrogen) atoms. The van der Waals surface area contributed by atoms with E-state index in [-0.39, 0.29) is 0 Å². The van der Waals surface area contributed by atoms with Crippen LogP contribution in [0.4, 0.5) is 51.2 Å². The number of benzene rings is 8. The average molecular weight is 700 g/mol. The van der Waals surface area contributed by atoms with Crippen LogP contribution in [-0.4, -0.2) is 0 Å². The van der Waals surface area contributed by atoms with Crippen LogP contribution in [0.3, 0.4) is 0 Å². The highest BCUT2D eigenvalue weighted by Gasteiger charge is 2.16. The second kappa shape index (κ2) is 17.1. The van der Waals surface area contributed by atoms with E-state index < -0.39 is 0 Å². The summed E-state index contributed by atoms with van der Waals surface area (Å²) in [6, 6.07) is 76.7. The molecule has 0 heterocycles. The molecule has 8 rings (SSSR count). The summed E-state index contributed by atoms with van der Waals surface area (Å²) < 4.78 is 0. The topological polar surface area (TPSA) is 9.72 Å². The Labute approximate surface area is 320 Å². The highest BCUT2D eigenvalue weighted by Crippen LogP contribution is 2.39. The lowest BCUT2D eigenvalue weighted by molar-refractivity contribution is 1.25. The van der Waals surface area contributed by atoms with Crippen molar-refractivity contribution in [1.82, 2.24) is 0 Å². The van der Waals surface area contributed by atoms with Gasteiger partial charge in [0.1, 0.15) is 0 Å². The van der Waals surface area contributed by atoms with Gasteiger partial charge < -0.3 is 14.7 Å². The summed E-state index contributed by atoms with van der Waals surface area (Å²) in [5, 5.41) is 0. The van der Waals surface area contributed by atoms with Crippen molar-refractivity contribution in [3.05, 3.63) is 235 Å². The zero-order chi connectivity index (χ0) is 37.1. The summed E-state index contributed by atoms with van der Waals surface area (Å²) >= 11 is 0. The van der Waals surface area contributed by atoms with E-state index >= 15 is 0 Å². The molecular weight excluding hydrogens is 655 g/mol. The zero-order valence-corrected chi connectivity index (χ0v) is 31.1. The summed E-state index contributed by atoms with van der Waals surface area (Å²) in [6.07, 6.45) is 0. The van der Waals surface area contributed by atoms with Crippen LogP contribution in [0.25, 0.3) is 0 Å². The Morgan fingerprint density at radius 3 is 0.519 bits per heavy atom. The van der Waals surface area contributed by atoms with Gasteiger partial charge in [0, 0.05) is 51.2 Å². The van der Waals surface area contributed by atoms with Gasteiger partial charge in [-0.05, 0) is 130 Å². The minimum absolute atomic E-state index is 1.12. The van der Waals surface area contributed by atoms with Crippen LogP contribution in [0.2, 0.25) is 0 Å². The monoisotopic (exact) mass is 699 g/mol. The third kappa shape index (κ3) is 8.61. The molecule has 0 unspecified atom stereocenters. The maximum absolute atomic E-state index is 2.29. The van der Waals surface area contributed by atoms with E-state index in [1.807, 2.05) is 12.1 Å². The summed E-state index contributed by atoms with van der Waals surface area (Å²) in [5.41, 5.74) is 14.1. The predicted molar refractivity (Wildman–Crippen MR) is 231 cm³/mol. The molecule has 0 spiro atoms. The lowest BCUT2D eigenvalue weighted by Crippen LogP contribution is -2.12. The van der Waals surface area contributed by atoms with E-state index in [4.69, 9.17) is 0 Å². The zero-order valence-electron chi connectivity index (χ0n) is 31.1. The molecule has 0 atom stereocenters. The fourth-order valence-electron chi connectivity index (χ4n) is 6.48. The van der Waals surface area contributed by atoms with E-state index in [1.165, 1.54) is 33.8 Å². The lowest BCUT2D eigenvalue weighted by atomic mass is 10.1. The van der Waals surface area contributed by atoms with Crippen molar-refractivity contribution in [2.75, 3.05) is 14.7 Å². The first-order chi connectivity index (χ1) is 26.5. The molecule has 0 aliphatic rings. The van der Waals surface area contributed by atoms with Crippen LogP contribution in [0.5, 0.6) is 0 Å². The van der Waals surface area contributed by atoms with Crippen molar-refractivity contribution >= 4 is 51.2 Å². The minimum atomic E-state index is 1.12. The quantitative estimate of drug-likeness (QED) is 0.148. The Morgan fingerprint density at radius 2 is 0.333 bits per heavy atom. The lowest BCUT2D eigenvalue weighted by Gasteiger charge is -2.28. The maximum Gasteiger partial charge on any atom is 0.0463 e. The van der Waals surface area contributed by atoms with E-state index in [9.17, 15) is 0 Å². The second-order valence-corrected chi connectivity index (χ2v) is 13.4. The molecule has 264 valence electrons. The van der Waals surface area contributed by atoms with Gasteiger partial charge in [0.15, 0.2) is 0 Å². The molecule has 0 aliphatic heterocycles. The molecule has 0 N–H and O–H groups in total. The molecule has 3 nitrogen and oxygen atoms in total. The molecule has 0 bridgehead atoms. The standard InChI is InChI=1S/C32H28N2.C19H17N/c1-25-13-17-29(18-14-25)33(27-9-5-3-6-10-27)31-21-23-32(24-22-31)34(28-11-7-4-8-12-28)30-19-15-26(2)16-20-30;1-16-12-14-19(15-13-16)20(17-8-4-2-5-9-17)18-10-6-3-7-11-18/h3-24H,1-2H3;2-15H,1H3. The Kier molecular flexibility index (Phi) is 11.3. The molecule has 8 aromatic carbocycles. The molecule has 8 aromatic rings. The van der Waals surface area contributed by atoms with Crippen molar-refractivity contribution in [2.24, 2.45) is 0 Å². The highest BCUT2D eigenvalue weighted by atomic mass is 15.2. The van der Waals surface area contributed by atoms with E-state index in [0.29, 0.717) is 0 Å². The van der Waals surface area contributed by atoms with Crippen molar-refractivity contribution in [1.29, 1.82) is 0 Å². The number of anilines is 9. The Balaban J connectivity index is 0.000000191. The molecule has 0 aliphatic carbocycles. The number of nitrogens with zero attached hydrogens (tertiary/aromatic N) is 3. The molecule has 0 saturated carbocycles. The van der Waals surface area contributed by atoms with Gasteiger partial charge in [0.25, 0.3) is 0 Å². The molecular formula is C51H45N3. The highest BCUT2D eigenvalue weighted by molar-refractivity contribution is 5.81. The SMILES string of the molecule is Cc1ccc(N(c2ccccc2)c2ccc(N(c3ccccc3)c3ccc(C)cc3)cc2)cc1.Cc1ccc(N(c2ccccc2)c2ccccc2)cc1. The predicted octanol–water partition coefficient (Wildman–Crippen LogP) is 14.7. The molecule has 0 radical (unpaired) electrons. The number of aryl methyl sites for hydroxylation is 3. The number of hydrogen-bond acceptors (Lipinski definition) is 3. The second-order valence-electron chi connectivity index (χ2n) is 13.4. The fourth-order valence-corrected chi connectivity index (χ4v) is 6.48. The van der Waals surface area contributed by atoms with E-state index in [2.05, 4.69) is 242 Å². The van der Waals surface area contributed by atoms with Crippen molar-refractivity contribution in [2.45, 2.75) is 20.8 Å². The van der Waals surface area contributed by atoms with E-state index in [1.54, 1.807) is 0 Å². The van der Waals surface area contributed by atoms with Crippen LogP contribution in [0.15, 0.2) is 218 Å². The van der Waals surface area contributed by atoms with Crippen LogP contribution in [-0.2, 0) is 0 Å². The number of para-hydroxylation sites is 4. The van der Waals surface area contributed by atoms with Crippen LogP contribution >= 0.6 is 0 Å². The van der Waals surface area contributed by atoms with Gasteiger partial charge in [-0.15, -0.1) is 0 Å². The maximum atomic E-state index is 2.29. The van der Waals surface area contributed by atoms with Crippen molar-refractivity contribution in [3.8, 4) is 0 Å². The van der Waals surface area contributed by atoms with Crippen molar-refractivity contribution in [3.63, 3.8) is 0 Å². The van der Waals surface area contributed by atoms with Gasteiger partial charge in [-0.1, -0.05) is 126 Å². The summed E-state index contributed by atoms with van der Waals surface area (Å²) in [6.45, 7) is 6.35. The van der Waals surface area contributed by atoms with Gasteiger partial charge in [0.05, 0.1) is 0 Å². The summed E-state index contributed by atoms with van der Waals surface area (Å²) in [4.78, 5) is 6.85. The Hall–Kier alpha value is -6.84.